The number of carbonyl (C=O) groups excluding carboxylic acids is 2. The van der Waals surface area contributed by atoms with Crippen LogP contribution >= 0.6 is 0 Å². The van der Waals surface area contributed by atoms with E-state index in [9.17, 15) is 24.8 Å². The number of benzene rings is 3. The molecule has 0 aliphatic carbocycles. The van der Waals surface area contributed by atoms with E-state index in [2.05, 4.69) is 15.1 Å². The summed E-state index contributed by atoms with van der Waals surface area (Å²) in [4.78, 5) is 39.0. The van der Waals surface area contributed by atoms with Crippen molar-refractivity contribution in [3.8, 4) is 0 Å². The number of nitro groups is 1. The Morgan fingerprint density at radius 1 is 0.875 bits per heavy atom. The summed E-state index contributed by atoms with van der Waals surface area (Å²) >= 11 is 0. The van der Waals surface area contributed by atoms with Gasteiger partial charge < -0.3 is 24.8 Å². The lowest BCUT2D eigenvalue weighted by atomic mass is 9.99. The van der Waals surface area contributed by atoms with E-state index >= 15 is 0 Å². The molecule has 13 nitrogen and oxygen atoms in total. The molecule has 256 valence electrons. The third-order valence-electron chi connectivity index (χ3n) is 8.75. The lowest BCUT2D eigenvalue weighted by Gasteiger charge is -2.41. The van der Waals surface area contributed by atoms with Gasteiger partial charge in [-0.3, -0.25) is 29.8 Å². The van der Waals surface area contributed by atoms with Crippen molar-refractivity contribution >= 4 is 28.9 Å². The predicted octanol–water partition coefficient (Wildman–Crippen LogP) is 4.85. The molecule has 2 aliphatic heterocycles. The summed E-state index contributed by atoms with van der Waals surface area (Å²) in [6, 6.07) is 21.9. The van der Waals surface area contributed by atoms with E-state index in [1.807, 2.05) is 48.5 Å². The van der Waals surface area contributed by atoms with Crippen LogP contribution in [0.2, 0.25) is 0 Å². The lowest BCUT2D eigenvalue weighted by molar-refractivity contribution is -0.384. The summed E-state index contributed by atoms with van der Waals surface area (Å²) in [6.07, 6.45) is 2.04. The van der Waals surface area contributed by atoms with Crippen LogP contribution in [0.4, 0.5) is 17.1 Å². The number of hydrogen-bond acceptors (Lipinski definition) is 10. The van der Waals surface area contributed by atoms with Crippen LogP contribution in [0.5, 0.6) is 0 Å². The molecule has 0 unspecified atom stereocenters. The lowest BCUT2D eigenvalue weighted by Crippen LogP contribution is -2.49. The van der Waals surface area contributed by atoms with Crippen molar-refractivity contribution in [1.82, 2.24) is 10.4 Å². The molecule has 2 saturated heterocycles. The molecule has 48 heavy (non-hydrogen) atoms. The maximum absolute atomic E-state index is 12.6. The highest BCUT2D eigenvalue weighted by molar-refractivity contribution is 5.90. The van der Waals surface area contributed by atoms with Crippen molar-refractivity contribution in [2.24, 2.45) is 0 Å². The van der Waals surface area contributed by atoms with Crippen LogP contribution in [0.1, 0.15) is 67.6 Å². The van der Waals surface area contributed by atoms with E-state index < -0.39 is 17.1 Å². The smallest absolute Gasteiger partial charge is 0.269 e. The zero-order valence-corrected chi connectivity index (χ0v) is 26.8. The third kappa shape index (κ3) is 9.81. The number of piperazine rings is 1. The quantitative estimate of drug-likeness (QED) is 0.0812. The number of unbranched alkanes of at least 4 members (excludes halogenated alkanes) is 2. The minimum absolute atomic E-state index is 0.0363. The number of hydrogen-bond donors (Lipinski definition) is 4. The summed E-state index contributed by atoms with van der Waals surface area (Å²) in [5, 5.41) is 32.1. The molecule has 13 heteroatoms. The average Bonchev–Trinajstić information content (AvgIpc) is 3.11. The van der Waals surface area contributed by atoms with Gasteiger partial charge in [-0.15, -0.1) is 0 Å². The van der Waals surface area contributed by atoms with Gasteiger partial charge in [-0.1, -0.05) is 42.8 Å². The second-order valence-corrected chi connectivity index (χ2v) is 12.2. The minimum atomic E-state index is -0.665. The van der Waals surface area contributed by atoms with Crippen molar-refractivity contribution in [2.75, 3.05) is 42.9 Å². The molecule has 2 amide bonds. The normalized spacial score (nSPS) is 19.9. The summed E-state index contributed by atoms with van der Waals surface area (Å²) < 4.78 is 13.1. The van der Waals surface area contributed by atoms with Crippen LogP contribution in [-0.2, 0) is 25.7 Å². The minimum Gasteiger partial charge on any atom is -0.392 e. The number of carbonyl (C=O) groups is 2. The van der Waals surface area contributed by atoms with Crippen LogP contribution in [-0.4, -0.2) is 70.8 Å². The molecule has 0 radical (unpaired) electrons. The Balaban J connectivity index is 1.21. The maximum atomic E-state index is 12.6. The number of aliphatic hydroxyl groups excluding tert-OH is 1. The highest BCUT2D eigenvalue weighted by Crippen LogP contribution is 2.39. The first-order valence-corrected chi connectivity index (χ1v) is 16.4. The van der Waals surface area contributed by atoms with Crippen molar-refractivity contribution in [1.29, 1.82) is 0 Å². The van der Waals surface area contributed by atoms with E-state index in [1.54, 1.807) is 17.6 Å². The molecular weight excluding hydrogens is 618 g/mol. The Labute approximate surface area is 279 Å². The third-order valence-corrected chi connectivity index (χ3v) is 8.75. The monoisotopic (exact) mass is 661 g/mol. The highest BCUT2D eigenvalue weighted by atomic mass is 16.7. The van der Waals surface area contributed by atoms with Crippen LogP contribution in [0.3, 0.4) is 0 Å². The number of hydroxylamine groups is 1. The van der Waals surface area contributed by atoms with Gasteiger partial charge in [-0.05, 0) is 48.2 Å². The van der Waals surface area contributed by atoms with E-state index in [-0.39, 0.29) is 36.8 Å². The molecule has 0 spiro atoms. The number of nitro benzene ring substituents is 1. The number of amides is 2. The van der Waals surface area contributed by atoms with Gasteiger partial charge in [0.2, 0.25) is 11.8 Å². The summed E-state index contributed by atoms with van der Waals surface area (Å²) in [5.74, 6) is -0.561. The number of anilines is 2. The van der Waals surface area contributed by atoms with Gasteiger partial charge >= 0.3 is 0 Å². The number of ether oxygens (including phenoxy) is 2. The first-order chi connectivity index (χ1) is 23.3. The molecule has 5 rings (SSSR count). The maximum Gasteiger partial charge on any atom is 0.269 e. The molecule has 4 N–H and O–H groups in total. The fraction of sp³-hybridized carbons (Fsp3) is 0.429. The Kier molecular flexibility index (Phi) is 12.5. The van der Waals surface area contributed by atoms with Gasteiger partial charge in [0.25, 0.3) is 5.69 Å². The van der Waals surface area contributed by atoms with Crippen molar-refractivity contribution in [3.63, 3.8) is 0 Å². The van der Waals surface area contributed by atoms with Crippen molar-refractivity contribution < 1.29 is 34.3 Å². The van der Waals surface area contributed by atoms with E-state index in [0.717, 1.165) is 48.6 Å². The Hall–Kier alpha value is -4.40. The Bertz CT molecular complexity index is 1510. The summed E-state index contributed by atoms with van der Waals surface area (Å²) in [6.45, 7) is 3.87. The topological polar surface area (TPSA) is 167 Å². The van der Waals surface area contributed by atoms with Crippen molar-refractivity contribution in [2.45, 2.75) is 63.6 Å². The number of nitrogens with zero attached hydrogens (tertiary/aromatic N) is 3. The predicted molar refractivity (Wildman–Crippen MR) is 178 cm³/mol. The molecule has 3 aromatic rings. The molecule has 2 fully saturated rings. The number of rotatable bonds is 14. The standard InChI is InChI=1S/C35H43N5O8/c41-24-25-9-11-26(12-10-25)32-22-31(23-38-17-19-39(20-18-38)29-13-15-30(16-14-29)40(45)46)47-35(48-32)27-5-4-6-28(21-27)36-33(42)7-2-1-3-8-34(43)37-44/h4-6,9-16,21,31-32,35,41,44H,1-3,7-8,17-20,22-24H2,(H,36,42)(H,37,43)/t31-,32+,35+/m1/s1. The molecule has 2 heterocycles. The van der Waals surface area contributed by atoms with Gasteiger partial charge in [0.15, 0.2) is 6.29 Å². The second kappa shape index (κ2) is 17.1. The molecule has 2 aliphatic rings. The van der Waals surface area contributed by atoms with E-state index in [0.29, 0.717) is 44.3 Å². The molecule has 3 atom stereocenters. The largest absolute Gasteiger partial charge is 0.392 e. The first-order valence-electron chi connectivity index (χ1n) is 16.4. The van der Waals surface area contributed by atoms with Gasteiger partial charge in [-0.2, -0.15) is 0 Å². The Morgan fingerprint density at radius 3 is 2.25 bits per heavy atom. The highest BCUT2D eigenvalue weighted by Gasteiger charge is 2.34. The Morgan fingerprint density at radius 2 is 1.58 bits per heavy atom. The number of aliphatic hydroxyl groups is 1. The number of nitrogens with one attached hydrogen (secondary N) is 2. The van der Waals surface area contributed by atoms with Crippen LogP contribution < -0.4 is 15.7 Å². The molecule has 0 aromatic heterocycles. The van der Waals surface area contributed by atoms with E-state index in [4.69, 9.17) is 14.7 Å². The van der Waals surface area contributed by atoms with Crippen LogP contribution in [0, 0.1) is 10.1 Å². The molecule has 0 saturated carbocycles. The fourth-order valence-electron chi connectivity index (χ4n) is 6.09. The van der Waals surface area contributed by atoms with Gasteiger partial charge in [0.05, 0.1) is 23.7 Å². The fourth-order valence-corrected chi connectivity index (χ4v) is 6.09. The van der Waals surface area contributed by atoms with E-state index in [1.165, 1.54) is 12.1 Å². The second-order valence-electron chi connectivity index (χ2n) is 12.2. The van der Waals surface area contributed by atoms with Gasteiger partial charge in [0, 0.05) is 81.1 Å². The first kappa shape index (κ1) is 34.9. The van der Waals surface area contributed by atoms with Crippen LogP contribution in [0.25, 0.3) is 0 Å². The van der Waals surface area contributed by atoms with Crippen LogP contribution in [0.15, 0.2) is 72.8 Å². The molecule has 3 aromatic carbocycles. The summed E-state index contributed by atoms with van der Waals surface area (Å²) in [7, 11) is 0. The zero-order valence-electron chi connectivity index (χ0n) is 26.8. The molecular formula is C35H43N5O8. The number of non-ortho nitro benzene ring substituents is 1. The van der Waals surface area contributed by atoms with Gasteiger partial charge in [-0.25, -0.2) is 5.48 Å². The summed E-state index contributed by atoms with van der Waals surface area (Å²) in [5.41, 5.74) is 5.90. The van der Waals surface area contributed by atoms with Crippen molar-refractivity contribution in [3.05, 3.63) is 99.6 Å². The average molecular weight is 662 g/mol. The van der Waals surface area contributed by atoms with Gasteiger partial charge in [0.1, 0.15) is 0 Å². The zero-order chi connectivity index (χ0) is 33.9. The SMILES string of the molecule is O=C(CCCCCC(=O)Nc1cccc([C@H]2O[C@@H](CN3CCN(c4ccc([N+](=O)[O-])cc4)CC3)C[C@@H](c3ccc(CO)cc3)O2)c1)NO. The molecule has 0 bridgehead atoms.